The van der Waals surface area contributed by atoms with Crippen molar-refractivity contribution < 1.29 is 19.7 Å². The van der Waals surface area contributed by atoms with E-state index in [0.29, 0.717) is 37.4 Å². The van der Waals surface area contributed by atoms with Gasteiger partial charge in [-0.05, 0) is 50.0 Å². The van der Waals surface area contributed by atoms with Gasteiger partial charge in [-0.2, -0.15) is 0 Å². The van der Waals surface area contributed by atoms with Crippen molar-refractivity contribution in [3.05, 3.63) is 17.4 Å². The van der Waals surface area contributed by atoms with Gasteiger partial charge in [-0.1, -0.05) is 13.5 Å². The van der Waals surface area contributed by atoms with Crippen LogP contribution >= 0.6 is 0 Å². The van der Waals surface area contributed by atoms with Crippen LogP contribution in [0.1, 0.15) is 46.0 Å². The highest BCUT2D eigenvalue weighted by atomic mass is 16.5. The van der Waals surface area contributed by atoms with Crippen LogP contribution in [-0.2, 0) is 4.79 Å². The Hall–Kier alpha value is -0.750. The SMILES string of the molecule is C=C1[C@@H]2C[C@@]3([C@@H]1O)[C@@H](CC2=O)[C@]12[C@@H]4C[C@H]3[C@H]1[N+]([O-])(CC)C[C@]4(C)CC[C@@H]2O. The van der Waals surface area contributed by atoms with Crippen molar-refractivity contribution in [1.29, 1.82) is 0 Å². The van der Waals surface area contributed by atoms with Gasteiger partial charge in [0.05, 0.1) is 30.7 Å². The number of aliphatic hydroxyl groups is 2. The molecule has 5 heteroatoms. The van der Waals surface area contributed by atoms with Crippen LogP contribution in [0.25, 0.3) is 0 Å². The number of ketones is 1. The maximum absolute atomic E-state index is 14.2. The number of nitrogens with zero attached hydrogens (tertiary/aromatic N) is 1. The molecule has 6 aliphatic rings. The minimum absolute atomic E-state index is 0.0651. The maximum Gasteiger partial charge on any atom is 0.140 e. The summed E-state index contributed by atoms with van der Waals surface area (Å²) in [7, 11) is 0. The molecule has 0 radical (unpaired) electrons. The van der Waals surface area contributed by atoms with Crippen LogP contribution in [0.5, 0.6) is 0 Å². The van der Waals surface area contributed by atoms with Crippen LogP contribution in [0.3, 0.4) is 0 Å². The molecule has 2 N–H and O–H groups in total. The number of carbonyl (C=O) groups excluding carboxylic acids is 1. The van der Waals surface area contributed by atoms with E-state index in [2.05, 4.69) is 13.5 Å². The lowest BCUT2D eigenvalue weighted by molar-refractivity contribution is -0.927. The first kappa shape index (κ1) is 17.1. The van der Waals surface area contributed by atoms with Crippen LogP contribution in [0.2, 0.25) is 0 Å². The van der Waals surface area contributed by atoms with E-state index in [4.69, 9.17) is 0 Å². The number of likely N-dealkylation sites (tertiary alicyclic amines) is 1. The summed E-state index contributed by atoms with van der Waals surface area (Å²) in [5.74, 6) is 0.275. The Morgan fingerprint density at radius 1 is 1.33 bits per heavy atom. The summed E-state index contributed by atoms with van der Waals surface area (Å²) >= 11 is 0. The van der Waals surface area contributed by atoms with Crippen molar-refractivity contribution in [2.45, 2.75) is 64.2 Å². The molecule has 5 nitrogen and oxygen atoms in total. The summed E-state index contributed by atoms with van der Waals surface area (Å²) in [4.78, 5) is 13.0. The van der Waals surface area contributed by atoms with E-state index in [1.54, 1.807) is 0 Å². The number of quaternary nitrogens is 1. The summed E-state index contributed by atoms with van der Waals surface area (Å²) in [6.45, 7) is 9.47. The standard InChI is InChI=1S/C22H31NO4/c1-4-23(27)10-20(3)6-5-17(25)22-15(20)7-13(18(22)23)21-9-12(11(2)19(21)26)14(24)8-16(21)22/h12-13,15-19,25-26H,2,4-10H2,1,3H3/t12-,13-,15+,16+,17-,18+,19+,20-,21-,22-,23?/m0/s1. The Morgan fingerprint density at radius 2 is 2.07 bits per heavy atom. The van der Waals surface area contributed by atoms with Crippen molar-refractivity contribution in [2.75, 3.05) is 13.1 Å². The van der Waals surface area contributed by atoms with Crippen LogP contribution in [0.4, 0.5) is 0 Å². The summed E-state index contributed by atoms with van der Waals surface area (Å²) in [5.41, 5.74) is -0.303. The molecule has 0 amide bonds. The largest absolute Gasteiger partial charge is 0.633 e. The predicted octanol–water partition coefficient (Wildman–Crippen LogP) is 2.01. The Kier molecular flexibility index (Phi) is 2.88. The van der Waals surface area contributed by atoms with E-state index >= 15 is 0 Å². The van der Waals surface area contributed by atoms with Gasteiger partial charge in [-0.3, -0.25) is 4.79 Å². The smallest absolute Gasteiger partial charge is 0.140 e. The zero-order valence-corrected chi connectivity index (χ0v) is 16.4. The minimum atomic E-state index is -0.699. The molecule has 5 aliphatic carbocycles. The zero-order chi connectivity index (χ0) is 19.1. The Labute approximate surface area is 160 Å². The third-order valence-electron chi connectivity index (χ3n) is 10.7. The lowest BCUT2D eigenvalue weighted by Crippen LogP contribution is -2.73. The maximum atomic E-state index is 14.2. The number of hydrogen-bond donors (Lipinski definition) is 2. The molecule has 5 saturated carbocycles. The van der Waals surface area contributed by atoms with E-state index < -0.39 is 23.0 Å². The molecule has 0 aromatic rings. The first-order valence-electron chi connectivity index (χ1n) is 10.8. The molecule has 11 atom stereocenters. The Bertz CT molecular complexity index is 782. The van der Waals surface area contributed by atoms with Gasteiger partial charge < -0.3 is 20.1 Å². The lowest BCUT2D eigenvalue weighted by atomic mass is 9.43. The lowest BCUT2D eigenvalue weighted by Gasteiger charge is -2.68. The Balaban J connectivity index is 1.64. The number of hydrogen-bond acceptors (Lipinski definition) is 4. The molecule has 1 heterocycles. The van der Waals surface area contributed by atoms with Crippen LogP contribution in [-0.4, -0.2) is 52.0 Å². The van der Waals surface area contributed by atoms with Gasteiger partial charge in [0.25, 0.3) is 0 Å². The highest BCUT2D eigenvalue weighted by Crippen LogP contribution is 2.84. The van der Waals surface area contributed by atoms with E-state index in [-0.39, 0.29) is 39.6 Å². The molecule has 1 aliphatic heterocycles. The Morgan fingerprint density at radius 3 is 2.78 bits per heavy atom. The first-order valence-corrected chi connectivity index (χ1v) is 10.8. The van der Waals surface area contributed by atoms with E-state index in [9.17, 15) is 20.2 Å². The van der Waals surface area contributed by atoms with Gasteiger partial charge in [0.1, 0.15) is 11.8 Å². The number of aliphatic hydroxyl groups excluding tert-OH is 2. The second kappa shape index (κ2) is 4.53. The van der Waals surface area contributed by atoms with Crippen molar-refractivity contribution in [3.63, 3.8) is 0 Å². The molecule has 148 valence electrons. The number of hydroxylamine groups is 3. The second-order valence-electron chi connectivity index (χ2n) is 11.0. The monoisotopic (exact) mass is 373 g/mol. The first-order chi connectivity index (χ1) is 12.7. The molecule has 1 unspecified atom stereocenters. The molecule has 7 bridgehead atoms. The van der Waals surface area contributed by atoms with Crippen molar-refractivity contribution in [2.24, 2.45) is 39.9 Å². The molecule has 6 rings (SSSR count). The highest BCUT2D eigenvalue weighted by Gasteiger charge is 2.88. The molecule has 6 fully saturated rings. The van der Waals surface area contributed by atoms with Gasteiger partial charge in [-0.15, -0.1) is 0 Å². The number of Topliss-reactive ketones (excluding diaryl/α,β-unsaturated/α-hetero) is 1. The van der Waals surface area contributed by atoms with E-state index in [0.717, 1.165) is 19.3 Å². The molecule has 1 saturated heterocycles. The molecular formula is C22H31NO4. The summed E-state index contributed by atoms with van der Waals surface area (Å²) in [6, 6.07) is -0.173. The zero-order valence-electron chi connectivity index (χ0n) is 16.4. The summed E-state index contributed by atoms with van der Waals surface area (Å²) in [6.07, 6.45) is 2.40. The highest BCUT2D eigenvalue weighted by molar-refractivity contribution is 5.87. The number of carbonyl (C=O) groups is 1. The normalized spacial score (nSPS) is 65.6. The van der Waals surface area contributed by atoms with Crippen molar-refractivity contribution in [1.82, 2.24) is 0 Å². The molecule has 27 heavy (non-hydrogen) atoms. The minimum Gasteiger partial charge on any atom is -0.633 e. The number of rotatable bonds is 1. The van der Waals surface area contributed by atoms with Crippen molar-refractivity contribution >= 4 is 5.78 Å². The number of fused-ring (bicyclic) bond motifs is 1. The van der Waals surface area contributed by atoms with Crippen LogP contribution in [0.15, 0.2) is 12.2 Å². The molecule has 0 aromatic heterocycles. The number of piperidine rings is 1. The van der Waals surface area contributed by atoms with Gasteiger partial charge >= 0.3 is 0 Å². The quantitative estimate of drug-likeness (QED) is 0.419. The van der Waals surface area contributed by atoms with Crippen LogP contribution < -0.4 is 0 Å². The van der Waals surface area contributed by atoms with E-state index in [1.165, 1.54) is 0 Å². The van der Waals surface area contributed by atoms with Gasteiger partial charge in [-0.25, -0.2) is 0 Å². The molecular weight excluding hydrogens is 342 g/mol. The average molecular weight is 373 g/mol. The molecule has 0 aromatic carbocycles. The van der Waals surface area contributed by atoms with Crippen molar-refractivity contribution in [3.8, 4) is 0 Å². The fourth-order valence-electron chi connectivity index (χ4n) is 10.1. The fraction of sp³-hybridized carbons (Fsp3) is 0.864. The summed E-state index contributed by atoms with van der Waals surface area (Å²) in [5, 5.41) is 37.0. The van der Waals surface area contributed by atoms with E-state index in [1.807, 2.05) is 6.92 Å². The summed E-state index contributed by atoms with van der Waals surface area (Å²) < 4.78 is -0.245. The average Bonchev–Trinajstić information content (AvgIpc) is 3.17. The third kappa shape index (κ3) is 1.44. The van der Waals surface area contributed by atoms with Crippen LogP contribution in [0, 0.1) is 45.1 Å². The molecule has 2 spiro atoms. The topological polar surface area (TPSA) is 80.6 Å². The fourth-order valence-corrected chi connectivity index (χ4v) is 10.1. The second-order valence-corrected chi connectivity index (χ2v) is 11.0. The predicted molar refractivity (Wildman–Crippen MR) is 99.0 cm³/mol. The van der Waals surface area contributed by atoms with Gasteiger partial charge in [0, 0.05) is 29.1 Å². The van der Waals surface area contributed by atoms with Gasteiger partial charge in [0.2, 0.25) is 0 Å². The van der Waals surface area contributed by atoms with Gasteiger partial charge in [0.15, 0.2) is 0 Å². The third-order valence-corrected chi connectivity index (χ3v) is 10.7.